The van der Waals surface area contributed by atoms with E-state index in [0.29, 0.717) is 5.89 Å². The van der Waals surface area contributed by atoms with Gasteiger partial charge in [0.05, 0.1) is 0 Å². The van der Waals surface area contributed by atoms with Gasteiger partial charge in [0.15, 0.2) is 5.58 Å². The average molecular weight is 629 g/mol. The Morgan fingerprint density at radius 1 is 0.367 bits per heavy atom. The predicted molar refractivity (Wildman–Crippen MR) is 202 cm³/mol. The van der Waals surface area contributed by atoms with Crippen LogP contribution in [0, 0.1) is 0 Å². The Hall–Kier alpha value is -6.65. The van der Waals surface area contributed by atoms with Gasteiger partial charge in [0.25, 0.3) is 0 Å². The van der Waals surface area contributed by atoms with Crippen LogP contribution in [0.3, 0.4) is 0 Å². The smallest absolute Gasteiger partial charge is 0.227 e. The molecule has 4 nitrogen and oxygen atoms in total. The number of aromatic nitrogens is 1. The number of nitrogens with zero attached hydrogens (tertiary/aromatic N) is 2. The zero-order chi connectivity index (χ0) is 32.3. The molecule has 0 N–H and O–H groups in total. The van der Waals surface area contributed by atoms with Crippen molar-refractivity contribution >= 4 is 71.6 Å². The van der Waals surface area contributed by atoms with Crippen LogP contribution >= 0.6 is 0 Å². The summed E-state index contributed by atoms with van der Waals surface area (Å²) in [6, 6.07) is 59.3. The average Bonchev–Trinajstić information content (AvgIpc) is 3.76. The van der Waals surface area contributed by atoms with Crippen LogP contribution in [-0.2, 0) is 0 Å². The van der Waals surface area contributed by atoms with Crippen molar-refractivity contribution in [3.05, 3.63) is 170 Å². The van der Waals surface area contributed by atoms with Crippen molar-refractivity contribution in [1.82, 2.24) is 4.98 Å². The normalized spacial score (nSPS) is 11.7. The molecule has 0 saturated heterocycles. The van der Waals surface area contributed by atoms with Crippen LogP contribution in [0.2, 0.25) is 0 Å². The van der Waals surface area contributed by atoms with E-state index >= 15 is 0 Å². The molecule has 0 radical (unpaired) electrons. The quantitative estimate of drug-likeness (QED) is 0.178. The minimum absolute atomic E-state index is 0.632. The molecule has 8 aromatic carbocycles. The molecule has 0 aliphatic carbocycles. The number of furan rings is 1. The van der Waals surface area contributed by atoms with E-state index in [4.69, 9.17) is 13.8 Å². The van der Waals surface area contributed by atoms with E-state index in [2.05, 4.69) is 126 Å². The molecule has 49 heavy (non-hydrogen) atoms. The Labute approximate surface area is 282 Å². The minimum Gasteiger partial charge on any atom is -0.456 e. The Bertz CT molecular complexity index is 2820. The van der Waals surface area contributed by atoms with Crippen LogP contribution in [0.1, 0.15) is 0 Å². The summed E-state index contributed by atoms with van der Waals surface area (Å²) in [7, 11) is 0. The summed E-state index contributed by atoms with van der Waals surface area (Å²) in [5.41, 5.74) is 9.87. The van der Waals surface area contributed by atoms with E-state index in [1.807, 2.05) is 48.5 Å². The highest BCUT2D eigenvalue weighted by Gasteiger charge is 2.17. The Morgan fingerprint density at radius 2 is 0.980 bits per heavy atom. The zero-order valence-electron chi connectivity index (χ0n) is 26.4. The van der Waals surface area contributed by atoms with Crippen LogP contribution in [0.4, 0.5) is 17.1 Å². The molecular weight excluding hydrogens is 601 g/mol. The monoisotopic (exact) mass is 628 g/mol. The van der Waals surface area contributed by atoms with Crippen molar-refractivity contribution in [3.8, 4) is 22.6 Å². The van der Waals surface area contributed by atoms with Crippen molar-refractivity contribution < 1.29 is 8.83 Å². The Morgan fingerprint density at radius 3 is 1.78 bits per heavy atom. The van der Waals surface area contributed by atoms with Gasteiger partial charge in [-0.2, -0.15) is 0 Å². The molecule has 10 aromatic rings. The van der Waals surface area contributed by atoms with Gasteiger partial charge in [-0.15, -0.1) is 0 Å². The van der Waals surface area contributed by atoms with Gasteiger partial charge in [0.2, 0.25) is 5.89 Å². The fraction of sp³-hybridized carbons (Fsp3) is 0. The fourth-order valence-electron chi connectivity index (χ4n) is 7.05. The maximum absolute atomic E-state index is 6.33. The first-order valence-corrected chi connectivity index (χ1v) is 16.4. The van der Waals surface area contributed by atoms with Gasteiger partial charge in [0, 0.05) is 39.5 Å². The lowest BCUT2D eigenvalue weighted by molar-refractivity contribution is 0.620. The molecule has 0 amide bonds. The number of hydrogen-bond acceptors (Lipinski definition) is 4. The zero-order valence-corrected chi connectivity index (χ0v) is 26.4. The molecule has 0 unspecified atom stereocenters. The number of hydrogen-bond donors (Lipinski definition) is 0. The van der Waals surface area contributed by atoms with Crippen molar-refractivity contribution in [2.45, 2.75) is 0 Å². The topological polar surface area (TPSA) is 42.4 Å². The summed E-state index contributed by atoms with van der Waals surface area (Å²) >= 11 is 0. The highest BCUT2D eigenvalue weighted by atomic mass is 16.3. The molecule has 230 valence electrons. The summed E-state index contributed by atoms with van der Waals surface area (Å²) in [4.78, 5) is 7.10. The SMILES string of the molecule is c1ccc(-c2ccc(N(c3ccc4c(ccc5cc6nc(-c7ccccc7)oc6cc54)c3)c3ccc4c(c3)oc3ccccc34)cc2)cc1. The molecule has 4 heteroatoms. The van der Waals surface area contributed by atoms with Gasteiger partial charge in [-0.05, 0) is 99.4 Å². The van der Waals surface area contributed by atoms with Crippen LogP contribution in [0.5, 0.6) is 0 Å². The second-order valence-electron chi connectivity index (χ2n) is 12.4. The molecule has 2 aromatic heterocycles. The molecule has 2 heterocycles. The minimum atomic E-state index is 0.632. The Balaban J connectivity index is 1.12. The molecule has 0 fully saturated rings. The van der Waals surface area contributed by atoms with Crippen LogP contribution in [0.25, 0.3) is 77.2 Å². The van der Waals surface area contributed by atoms with E-state index in [1.165, 1.54) is 11.1 Å². The van der Waals surface area contributed by atoms with Gasteiger partial charge >= 0.3 is 0 Å². The number of rotatable bonds is 5. The highest BCUT2D eigenvalue weighted by Crippen LogP contribution is 2.41. The predicted octanol–water partition coefficient (Wildman–Crippen LogP) is 12.8. The van der Waals surface area contributed by atoms with Crippen molar-refractivity contribution in [1.29, 1.82) is 0 Å². The molecular formula is C45H28N2O2. The van der Waals surface area contributed by atoms with Crippen LogP contribution in [-0.4, -0.2) is 4.98 Å². The third kappa shape index (κ3) is 4.65. The summed E-state index contributed by atoms with van der Waals surface area (Å²) in [5, 5.41) is 6.80. The molecule has 0 atom stereocenters. The summed E-state index contributed by atoms with van der Waals surface area (Å²) in [5.74, 6) is 0.632. The summed E-state index contributed by atoms with van der Waals surface area (Å²) < 4.78 is 12.6. The first-order chi connectivity index (χ1) is 24.2. The number of para-hydroxylation sites is 1. The van der Waals surface area contributed by atoms with Crippen molar-refractivity contribution in [2.24, 2.45) is 0 Å². The first kappa shape index (κ1) is 27.5. The van der Waals surface area contributed by atoms with E-state index in [9.17, 15) is 0 Å². The maximum atomic E-state index is 6.33. The van der Waals surface area contributed by atoms with Crippen LogP contribution < -0.4 is 4.90 Å². The van der Waals surface area contributed by atoms with Gasteiger partial charge in [-0.1, -0.05) is 97.1 Å². The van der Waals surface area contributed by atoms with Gasteiger partial charge in [0.1, 0.15) is 16.7 Å². The van der Waals surface area contributed by atoms with Crippen LogP contribution in [0.15, 0.2) is 179 Å². The lowest BCUT2D eigenvalue weighted by atomic mass is 10.00. The van der Waals surface area contributed by atoms with E-state index in [-0.39, 0.29) is 0 Å². The maximum Gasteiger partial charge on any atom is 0.227 e. The van der Waals surface area contributed by atoms with Gasteiger partial charge in [-0.25, -0.2) is 4.98 Å². The van der Waals surface area contributed by atoms with Gasteiger partial charge in [-0.3, -0.25) is 0 Å². The van der Waals surface area contributed by atoms with Gasteiger partial charge < -0.3 is 13.7 Å². The standard InChI is InChI=1S/C45H28N2O2/c1-3-9-29(10-4-1)30-17-19-34(20-18-30)47(36-22-24-39-38-13-7-8-14-42(38)48-43(39)27-36)35-21-23-37-32(25-35)15-16-33-26-41-44(28-40(33)37)49-45(46-41)31-11-5-2-6-12-31/h1-28H. The fourth-order valence-corrected chi connectivity index (χ4v) is 7.05. The lowest BCUT2D eigenvalue weighted by Crippen LogP contribution is -2.09. The lowest BCUT2D eigenvalue weighted by Gasteiger charge is -2.26. The molecule has 0 aliphatic heterocycles. The Kier molecular flexibility index (Phi) is 6.15. The number of fused-ring (bicyclic) bond motifs is 7. The van der Waals surface area contributed by atoms with Crippen molar-refractivity contribution in [3.63, 3.8) is 0 Å². The second-order valence-corrected chi connectivity index (χ2v) is 12.4. The number of oxazole rings is 1. The third-order valence-corrected chi connectivity index (χ3v) is 9.46. The molecule has 10 rings (SSSR count). The molecule has 0 saturated carbocycles. The number of anilines is 3. The molecule has 0 bridgehead atoms. The third-order valence-electron chi connectivity index (χ3n) is 9.46. The summed E-state index contributed by atoms with van der Waals surface area (Å²) in [6.45, 7) is 0. The molecule has 0 spiro atoms. The van der Waals surface area contributed by atoms with E-state index < -0.39 is 0 Å². The largest absolute Gasteiger partial charge is 0.456 e. The molecule has 0 aliphatic rings. The second kappa shape index (κ2) is 11.0. The van der Waals surface area contributed by atoms with E-state index in [1.54, 1.807) is 0 Å². The summed E-state index contributed by atoms with van der Waals surface area (Å²) in [6.07, 6.45) is 0. The van der Waals surface area contributed by atoms with E-state index in [0.717, 1.165) is 77.2 Å². The first-order valence-electron chi connectivity index (χ1n) is 16.4. The van der Waals surface area contributed by atoms with Crippen molar-refractivity contribution in [2.75, 3.05) is 4.90 Å². The number of benzene rings is 8. The highest BCUT2D eigenvalue weighted by molar-refractivity contribution is 6.12.